The molecular weight excluding hydrogens is 242 g/mol. The fourth-order valence-electron chi connectivity index (χ4n) is 2.34. The fraction of sp³-hybridized carbons (Fsp3) is 0.400. The number of aliphatic hydroxyl groups excluding tert-OH is 1. The quantitative estimate of drug-likeness (QED) is 0.916. The van der Waals surface area contributed by atoms with Crippen LogP contribution in [0.5, 0.6) is 0 Å². The van der Waals surface area contributed by atoms with Crippen LogP contribution in [0, 0.1) is 5.92 Å². The van der Waals surface area contributed by atoms with Crippen molar-refractivity contribution in [3.05, 3.63) is 36.1 Å². The molecule has 1 aromatic carbocycles. The van der Waals surface area contributed by atoms with Crippen molar-refractivity contribution < 1.29 is 14.3 Å². The molecule has 1 fully saturated rings. The lowest BCUT2D eigenvalue weighted by molar-refractivity contribution is 0.0646. The predicted octanol–water partition coefficient (Wildman–Crippen LogP) is 2.28. The van der Waals surface area contributed by atoms with Crippen LogP contribution in [-0.4, -0.2) is 35.6 Å². The molecule has 1 aromatic heterocycles. The number of furan rings is 1. The van der Waals surface area contributed by atoms with Gasteiger partial charge in [-0.3, -0.25) is 4.79 Å². The normalized spacial score (nSPS) is 16.5. The van der Waals surface area contributed by atoms with E-state index in [1.165, 1.54) is 6.26 Å². The van der Waals surface area contributed by atoms with Crippen LogP contribution in [0.1, 0.15) is 23.2 Å². The summed E-state index contributed by atoms with van der Waals surface area (Å²) in [5.41, 5.74) is 1.27. The molecule has 0 bridgehead atoms. The average Bonchev–Trinajstić information content (AvgIpc) is 3.18. The second kappa shape index (κ2) is 4.70. The summed E-state index contributed by atoms with van der Waals surface area (Å²) < 4.78 is 5.38. The van der Waals surface area contributed by atoms with Gasteiger partial charge in [0.1, 0.15) is 11.8 Å². The number of carbonyl (C=O) groups is 1. The highest BCUT2D eigenvalue weighted by molar-refractivity contribution is 6.05. The third-order valence-electron chi connectivity index (χ3n) is 3.69. The first-order valence-corrected chi connectivity index (χ1v) is 6.56. The molecule has 2 aromatic rings. The van der Waals surface area contributed by atoms with Gasteiger partial charge in [0.05, 0.1) is 11.7 Å². The van der Waals surface area contributed by atoms with Crippen LogP contribution in [0.25, 0.3) is 11.0 Å². The molecule has 1 unspecified atom stereocenters. The number of amides is 1. The SMILES string of the molecule is CN(CC(O)C1CC1)C(=O)c1coc2ccccc12. The maximum atomic E-state index is 12.4. The monoisotopic (exact) mass is 259 g/mol. The van der Waals surface area contributed by atoms with E-state index in [-0.39, 0.29) is 5.91 Å². The van der Waals surface area contributed by atoms with Crippen LogP contribution >= 0.6 is 0 Å². The zero-order chi connectivity index (χ0) is 13.4. The van der Waals surface area contributed by atoms with Crippen molar-refractivity contribution in [1.29, 1.82) is 0 Å². The molecule has 0 aliphatic heterocycles. The molecular formula is C15H17NO3. The number of aliphatic hydroxyl groups is 1. The number of carbonyl (C=O) groups excluding carboxylic acids is 1. The van der Waals surface area contributed by atoms with Crippen molar-refractivity contribution in [3.8, 4) is 0 Å². The van der Waals surface area contributed by atoms with E-state index in [9.17, 15) is 9.90 Å². The highest BCUT2D eigenvalue weighted by Crippen LogP contribution is 2.33. The summed E-state index contributed by atoms with van der Waals surface area (Å²) in [6, 6.07) is 7.47. The summed E-state index contributed by atoms with van der Waals surface area (Å²) in [7, 11) is 1.72. The van der Waals surface area contributed by atoms with Gasteiger partial charge in [-0.2, -0.15) is 0 Å². The van der Waals surface area contributed by atoms with Gasteiger partial charge in [0.25, 0.3) is 5.91 Å². The van der Waals surface area contributed by atoms with Crippen molar-refractivity contribution in [3.63, 3.8) is 0 Å². The van der Waals surface area contributed by atoms with E-state index in [0.29, 0.717) is 23.6 Å². The molecule has 1 heterocycles. The van der Waals surface area contributed by atoms with Crippen LogP contribution in [0.2, 0.25) is 0 Å². The Kier molecular flexibility index (Phi) is 3.03. The van der Waals surface area contributed by atoms with Gasteiger partial charge in [0, 0.05) is 19.0 Å². The Morgan fingerprint density at radius 3 is 2.95 bits per heavy atom. The minimum absolute atomic E-state index is 0.107. The summed E-state index contributed by atoms with van der Waals surface area (Å²) in [6.45, 7) is 0.378. The minimum atomic E-state index is -0.410. The lowest BCUT2D eigenvalue weighted by atomic mass is 10.1. The van der Waals surface area contributed by atoms with Crippen molar-refractivity contribution in [2.75, 3.05) is 13.6 Å². The highest BCUT2D eigenvalue weighted by atomic mass is 16.3. The van der Waals surface area contributed by atoms with Gasteiger partial charge < -0.3 is 14.4 Å². The van der Waals surface area contributed by atoms with E-state index in [1.54, 1.807) is 11.9 Å². The first kappa shape index (κ1) is 12.2. The average molecular weight is 259 g/mol. The molecule has 1 saturated carbocycles. The fourth-order valence-corrected chi connectivity index (χ4v) is 2.34. The van der Waals surface area contributed by atoms with Crippen LogP contribution in [0.15, 0.2) is 34.9 Å². The van der Waals surface area contributed by atoms with E-state index in [0.717, 1.165) is 18.2 Å². The molecule has 19 heavy (non-hydrogen) atoms. The Morgan fingerprint density at radius 1 is 1.47 bits per heavy atom. The second-order valence-electron chi connectivity index (χ2n) is 5.24. The number of likely N-dealkylation sites (N-methyl/N-ethyl adjacent to an activating group) is 1. The van der Waals surface area contributed by atoms with E-state index < -0.39 is 6.10 Å². The van der Waals surface area contributed by atoms with E-state index in [2.05, 4.69) is 0 Å². The Balaban J connectivity index is 1.78. The summed E-state index contributed by atoms with van der Waals surface area (Å²) in [6.07, 6.45) is 3.22. The third-order valence-corrected chi connectivity index (χ3v) is 3.69. The molecule has 1 amide bonds. The third kappa shape index (κ3) is 2.36. The lowest BCUT2D eigenvalue weighted by Crippen LogP contribution is -2.35. The molecule has 0 radical (unpaired) electrons. The molecule has 4 nitrogen and oxygen atoms in total. The summed E-state index contributed by atoms with van der Waals surface area (Å²) in [5.74, 6) is 0.265. The molecule has 1 atom stereocenters. The Bertz CT molecular complexity index is 600. The number of rotatable bonds is 4. The Morgan fingerprint density at radius 2 is 2.21 bits per heavy atom. The molecule has 1 N–H and O–H groups in total. The van der Waals surface area contributed by atoms with Crippen molar-refractivity contribution >= 4 is 16.9 Å². The Hall–Kier alpha value is -1.81. The number of nitrogens with zero attached hydrogens (tertiary/aromatic N) is 1. The summed E-state index contributed by atoms with van der Waals surface area (Å²) >= 11 is 0. The van der Waals surface area contributed by atoms with Crippen LogP contribution < -0.4 is 0 Å². The maximum Gasteiger partial charge on any atom is 0.257 e. The van der Waals surface area contributed by atoms with E-state index in [4.69, 9.17) is 4.42 Å². The molecule has 0 saturated heterocycles. The van der Waals surface area contributed by atoms with Crippen molar-refractivity contribution in [1.82, 2.24) is 4.90 Å². The first-order chi connectivity index (χ1) is 9.16. The summed E-state index contributed by atoms with van der Waals surface area (Å²) in [4.78, 5) is 13.9. The lowest BCUT2D eigenvalue weighted by Gasteiger charge is -2.20. The van der Waals surface area contributed by atoms with Gasteiger partial charge in [0.2, 0.25) is 0 Å². The van der Waals surface area contributed by atoms with Gasteiger partial charge in [-0.25, -0.2) is 0 Å². The highest BCUT2D eigenvalue weighted by Gasteiger charge is 2.31. The van der Waals surface area contributed by atoms with Crippen LogP contribution in [-0.2, 0) is 0 Å². The molecule has 3 rings (SSSR count). The number of benzene rings is 1. The number of hydrogen-bond donors (Lipinski definition) is 1. The standard InChI is InChI=1S/C15H17NO3/c1-16(8-13(17)10-6-7-10)15(18)12-9-19-14-5-3-2-4-11(12)14/h2-5,9-10,13,17H,6-8H2,1H3. The minimum Gasteiger partial charge on any atom is -0.463 e. The van der Waals surface area contributed by atoms with Crippen LogP contribution in [0.3, 0.4) is 0 Å². The van der Waals surface area contributed by atoms with Gasteiger partial charge in [-0.05, 0) is 24.8 Å². The first-order valence-electron chi connectivity index (χ1n) is 6.56. The summed E-state index contributed by atoms with van der Waals surface area (Å²) in [5, 5.41) is 10.7. The maximum absolute atomic E-state index is 12.4. The van der Waals surface area contributed by atoms with E-state index >= 15 is 0 Å². The topological polar surface area (TPSA) is 53.7 Å². The number of fused-ring (bicyclic) bond motifs is 1. The second-order valence-corrected chi connectivity index (χ2v) is 5.24. The van der Waals surface area contributed by atoms with Crippen molar-refractivity contribution in [2.24, 2.45) is 5.92 Å². The molecule has 100 valence electrons. The van der Waals surface area contributed by atoms with Gasteiger partial charge in [-0.15, -0.1) is 0 Å². The van der Waals surface area contributed by atoms with Gasteiger partial charge >= 0.3 is 0 Å². The zero-order valence-corrected chi connectivity index (χ0v) is 10.9. The largest absolute Gasteiger partial charge is 0.463 e. The number of para-hydroxylation sites is 1. The Labute approximate surface area is 111 Å². The smallest absolute Gasteiger partial charge is 0.257 e. The zero-order valence-electron chi connectivity index (χ0n) is 10.9. The number of hydrogen-bond acceptors (Lipinski definition) is 3. The molecule has 1 aliphatic carbocycles. The van der Waals surface area contributed by atoms with Gasteiger partial charge in [-0.1, -0.05) is 18.2 Å². The molecule has 1 aliphatic rings. The molecule has 0 spiro atoms. The molecule has 4 heteroatoms. The predicted molar refractivity (Wildman–Crippen MR) is 71.9 cm³/mol. The van der Waals surface area contributed by atoms with E-state index in [1.807, 2.05) is 24.3 Å². The van der Waals surface area contributed by atoms with Crippen molar-refractivity contribution in [2.45, 2.75) is 18.9 Å². The van der Waals surface area contributed by atoms with Gasteiger partial charge in [0.15, 0.2) is 0 Å². The van der Waals surface area contributed by atoms with Crippen LogP contribution in [0.4, 0.5) is 0 Å².